The molecule has 0 aliphatic carbocycles. The lowest BCUT2D eigenvalue weighted by molar-refractivity contribution is 0.227. The van der Waals surface area contributed by atoms with Crippen molar-refractivity contribution in [3.8, 4) is 5.75 Å². The molecule has 0 bridgehead atoms. The van der Waals surface area contributed by atoms with Crippen LogP contribution >= 0.6 is 15.9 Å². The fourth-order valence-electron chi connectivity index (χ4n) is 1.58. The molecule has 0 amide bonds. The van der Waals surface area contributed by atoms with Gasteiger partial charge in [-0.25, -0.2) is 0 Å². The van der Waals surface area contributed by atoms with Crippen LogP contribution in [0.15, 0.2) is 22.7 Å². The minimum Gasteiger partial charge on any atom is -0.493 e. The first-order valence-corrected chi connectivity index (χ1v) is 5.11. The van der Waals surface area contributed by atoms with E-state index in [2.05, 4.69) is 15.9 Å². The van der Waals surface area contributed by atoms with Crippen molar-refractivity contribution in [2.75, 3.05) is 6.61 Å². The normalized spacial score (nSPS) is 26.4. The van der Waals surface area contributed by atoms with Crippen LogP contribution in [-0.2, 0) is 5.54 Å². The summed E-state index contributed by atoms with van der Waals surface area (Å²) in [6, 6.07) is 5.97. The largest absolute Gasteiger partial charge is 0.493 e. The summed E-state index contributed by atoms with van der Waals surface area (Å²) in [6.07, 6.45) is 0.871. The highest BCUT2D eigenvalue weighted by atomic mass is 79.9. The van der Waals surface area contributed by atoms with E-state index in [1.165, 1.54) is 0 Å². The van der Waals surface area contributed by atoms with Crippen molar-refractivity contribution in [2.45, 2.75) is 18.9 Å². The molecule has 1 unspecified atom stereocenters. The molecular formula is C10H12BrNO. The van der Waals surface area contributed by atoms with E-state index in [0.29, 0.717) is 6.61 Å². The van der Waals surface area contributed by atoms with E-state index in [0.717, 1.165) is 22.2 Å². The third-order valence-corrected chi connectivity index (χ3v) is 2.93. The van der Waals surface area contributed by atoms with E-state index < -0.39 is 0 Å². The second-order valence-electron chi connectivity index (χ2n) is 3.66. The van der Waals surface area contributed by atoms with Crippen LogP contribution in [0.5, 0.6) is 5.75 Å². The van der Waals surface area contributed by atoms with Crippen LogP contribution in [0.4, 0.5) is 0 Å². The fraction of sp³-hybridized carbons (Fsp3) is 0.400. The number of fused-ring (bicyclic) bond motifs is 1. The molecule has 1 aliphatic rings. The summed E-state index contributed by atoms with van der Waals surface area (Å²) in [5.74, 6) is 0.916. The first-order valence-electron chi connectivity index (χ1n) is 4.31. The van der Waals surface area contributed by atoms with E-state index in [1.807, 2.05) is 25.1 Å². The quantitative estimate of drug-likeness (QED) is 0.758. The van der Waals surface area contributed by atoms with Gasteiger partial charge in [0, 0.05) is 22.0 Å². The van der Waals surface area contributed by atoms with Crippen LogP contribution in [-0.4, -0.2) is 6.61 Å². The number of benzene rings is 1. The van der Waals surface area contributed by atoms with E-state index in [-0.39, 0.29) is 5.54 Å². The van der Waals surface area contributed by atoms with Gasteiger partial charge in [-0.15, -0.1) is 0 Å². The molecule has 0 saturated carbocycles. The smallest absolute Gasteiger partial charge is 0.124 e. The van der Waals surface area contributed by atoms with Gasteiger partial charge in [-0.2, -0.15) is 0 Å². The summed E-state index contributed by atoms with van der Waals surface area (Å²) >= 11 is 3.43. The molecule has 0 spiro atoms. The molecule has 1 aromatic carbocycles. The third-order valence-electron chi connectivity index (χ3n) is 2.44. The molecule has 1 aliphatic heterocycles. The van der Waals surface area contributed by atoms with Crippen molar-refractivity contribution >= 4 is 15.9 Å². The van der Waals surface area contributed by atoms with Gasteiger partial charge in [-0.3, -0.25) is 0 Å². The minimum absolute atomic E-state index is 0.253. The van der Waals surface area contributed by atoms with Crippen molar-refractivity contribution in [1.82, 2.24) is 0 Å². The van der Waals surface area contributed by atoms with Crippen LogP contribution in [0.1, 0.15) is 18.9 Å². The van der Waals surface area contributed by atoms with Crippen molar-refractivity contribution in [2.24, 2.45) is 5.73 Å². The Morgan fingerprint density at radius 2 is 2.31 bits per heavy atom. The fourth-order valence-corrected chi connectivity index (χ4v) is 1.94. The molecular weight excluding hydrogens is 230 g/mol. The number of hydrogen-bond donors (Lipinski definition) is 1. The predicted molar refractivity (Wildman–Crippen MR) is 55.8 cm³/mol. The molecule has 13 heavy (non-hydrogen) atoms. The lowest BCUT2D eigenvalue weighted by Gasteiger charge is -2.32. The van der Waals surface area contributed by atoms with Crippen molar-refractivity contribution in [3.05, 3.63) is 28.2 Å². The van der Waals surface area contributed by atoms with E-state index in [4.69, 9.17) is 10.5 Å². The zero-order valence-corrected chi connectivity index (χ0v) is 9.10. The molecule has 3 heteroatoms. The topological polar surface area (TPSA) is 35.2 Å². The predicted octanol–water partition coefficient (Wildman–Crippen LogP) is 2.41. The number of nitrogens with two attached hydrogens (primary N) is 1. The van der Waals surface area contributed by atoms with Crippen LogP contribution in [0.2, 0.25) is 0 Å². The second kappa shape index (κ2) is 3.00. The van der Waals surface area contributed by atoms with Gasteiger partial charge in [0.25, 0.3) is 0 Å². The Hall–Kier alpha value is -0.540. The monoisotopic (exact) mass is 241 g/mol. The summed E-state index contributed by atoms with van der Waals surface area (Å²) < 4.78 is 6.56. The van der Waals surface area contributed by atoms with Crippen LogP contribution in [0.25, 0.3) is 0 Å². The number of rotatable bonds is 0. The van der Waals surface area contributed by atoms with Crippen LogP contribution in [0.3, 0.4) is 0 Å². The molecule has 0 aromatic heterocycles. The highest BCUT2D eigenvalue weighted by Gasteiger charge is 2.29. The number of hydrogen-bond acceptors (Lipinski definition) is 2. The zero-order valence-electron chi connectivity index (χ0n) is 7.51. The van der Waals surface area contributed by atoms with Crippen LogP contribution in [0, 0.1) is 0 Å². The molecule has 2 N–H and O–H groups in total. The van der Waals surface area contributed by atoms with Crippen LogP contribution < -0.4 is 10.5 Å². The lowest BCUT2D eigenvalue weighted by atomic mass is 9.88. The Bertz CT molecular complexity index is 336. The van der Waals surface area contributed by atoms with Gasteiger partial charge < -0.3 is 10.5 Å². The molecule has 0 fully saturated rings. The number of halogens is 1. The highest BCUT2D eigenvalue weighted by molar-refractivity contribution is 9.10. The molecule has 2 nitrogen and oxygen atoms in total. The van der Waals surface area contributed by atoms with Gasteiger partial charge in [0.05, 0.1) is 6.61 Å². The summed E-state index contributed by atoms with van der Waals surface area (Å²) in [6.45, 7) is 2.75. The lowest BCUT2D eigenvalue weighted by Crippen LogP contribution is -2.38. The molecule has 1 heterocycles. The van der Waals surface area contributed by atoms with E-state index in [1.54, 1.807) is 0 Å². The van der Waals surface area contributed by atoms with Gasteiger partial charge in [0.1, 0.15) is 5.75 Å². The van der Waals surface area contributed by atoms with Gasteiger partial charge in [0.2, 0.25) is 0 Å². The Balaban J connectivity index is 2.55. The Morgan fingerprint density at radius 3 is 3.08 bits per heavy atom. The molecule has 0 saturated heterocycles. The SMILES string of the molecule is CC1(N)CCOc2ccc(Br)cc21. The van der Waals surface area contributed by atoms with Gasteiger partial charge in [-0.1, -0.05) is 15.9 Å². The number of ether oxygens (including phenoxy) is 1. The first-order chi connectivity index (χ1) is 6.09. The minimum atomic E-state index is -0.253. The molecule has 1 atom stereocenters. The average Bonchev–Trinajstić information content (AvgIpc) is 2.06. The maximum atomic E-state index is 6.16. The van der Waals surface area contributed by atoms with Crippen molar-refractivity contribution in [3.63, 3.8) is 0 Å². The molecule has 70 valence electrons. The molecule has 1 aromatic rings. The van der Waals surface area contributed by atoms with Crippen molar-refractivity contribution in [1.29, 1.82) is 0 Å². The second-order valence-corrected chi connectivity index (χ2v) is 4.57. The van der Waals surface area contributed by atoms with Gasteiger partial charge >= 0.3 is 0 Å². The molecule has 2 rings (SSSR count). The van der Waals surface area contributed by atoms with E-state index in [9.17, 15) is 0 Å². The third kappa shape index (κ3) is 1.58. The summed E-state index contributed by atoms with van der Waals surface area (Å²) in [5.41, 5.74) is 7.00. The molecule has 0 radical (unpaired) electrons. The Kier molecular flexibility index (Phi) is 2.08. The van der Waals surface area contributed by atoms with Gasteiger partial charge in [-0.05, 0) is 25.1 Å². The standard InChI is InChI=1S/C10H12BrNO/c1-10(12)4-5-13-9-3-2-7(11)6-8(9)10/h2-3,6H,4-5,12H2,1H3. The Morgan fingerprint density at radius 1 is 1.54 bits per heavy atom. The first kappa shape index (κ1) is 9.03. The average molecular weight is 242 g/mol. The maximum absolute atomic E-state index is 6.16. The van der Waals surface area contributed by atoms with Crippen molar-refractivity contribution < 1.29 is 4.74 Å². The van der Waals surface area contributed by atoms with E-state index >= 15 is 0 Å². The summed E-state index contributed by atoms with van der Waals surface area (Å²) in [4.78, 5) is 0. The zero-order chi connectivity index (χ0) is 9.47. The Labute approximate surface area is 86.2 Å². The highest BCUT2D eigenvalue weighted by Crippen LogP contribution is 2.36. The summed E-state index contributed by atoms with van der Waals surface area (Å²) in [7, 11) is 0. The maximum Gasteiger partial charge on any atom is 0.124 e. The summed E-state index contributed by atoms with van der Waals surface area (Å²) in [5, 5.41) is 0. The van der Waals surface area contributed by atoms with Gasteiger partial charge in [0.15, 0.2) is 0 Å².